The number of aryl methyl sites for hydroxylation is 2. The maximum Gasteiger partial charge on any atom is 0.119 e. The van der Waals surface area contributed by atoms with Crippen molar-refractivity contribution in [2.24, 2.45) is 0 Å². The van der Waals surface area contributed by atoms with Gasteiger partial charge in [-0.25, -0.2) is 0 Å². The van der Waals surface area contributed by atoms with Crippen molar-refractivity contribution in [2.45, 2.75) is 40.0 Å². The van der Waals surface area contributed by atoms with Gasteiger partial charge in [0.15, 0.2) is 0 Å². The van der Waals surface area contributed by atoms with Gasteiger partial charge in [-0.2, -0.15) is 0 Å². The fraction of sp³-hybridized carbons (Fsp3) is 0.333. The molecule has 0 atom stereocenters. The molecule has 0 saturated carbocycles. The van der Waals surface area contributed by atoms with Crippen molar-refractivity contribution in [2.75, 3.05) is 0 Å². The summed E-state index contributed by atoms with van der Waals surface area (Å²) in [5, 5.41) is 19.4. The van der Waals surface area contributed by atoms with E-state index in [2.05, 4.69) is 32.9 Å². The van der Waals surface area contributed by atoms with Crippen LogP contribution in [0.2, 0.25) is 0 Å². The highest BCUT2D eigenvalue weighted by atomic mass is 16.3. The van der Waals surface area contributed by atoms with Gasteiger partial charge in [0.2, 0.25) is 0 Å². The number of aromatic hydroxyl groups is 2. The van der Waals surface area contributed by atoms with Crippen LogP contribution < -0.4 is 0 Å². The molecule has 0 saturated heterocycles. The second-order valence-corrected chi connectivity index (χ2v) is 5.08. The second kappa shape index (κ2) is 6.00. The minimum Gasteiger partial charge on any atom is -0.508 e. The van der Waals surface area contributed by atoms with Gasteiger partial charge in [0.1, 0.15) is 11.5 Å². The average Bonchev–Trinajstić information content (AvgIpc) is 2.44. The summed E-state index contributed by atoms with van der Waals surface area (Å²) in [5.41, 5.74) is 5.94. The van der Waals surface area contributed by atoms with Gasteiger partial charge in [0.05, 0.1) is 0 Å². The third-order valence-corrected chi connectivity index (χ3v) is 3.76. The molecule has 0 aliphatic rings. The zero-order valence-electron chi connectivity index (χ0n) is 12.4. The van der Waals surface area contributed by atoms with Gasteiger partial charge >= 0.3 is 0 Å². The predicted octanol–water partition coefficient (Wildman–Crippen LogP) is 4.45. The van der Waals surface area contributed by atoms with Gasteiger partial charge in [-0.1, -0.05) is 32.9 Å². The molecule has 2 rings (SSSR count). The van der Waals surface area contributed by atoms with E-state index in [1.807, 2.05) is 0 Å². The Kier molecular flexibility index (Phi) is 4.33. The van der Waals surface area contributed by atoms with Gasteiger partial charge in [-0.15, -0.1) is 0 Å². The van der Waals surface area contributed by atoms with Crippen LogP contribution in [0.3, 0.4) is 0 Å². The summed E-state index contributed by atoms with van der Waals surface area (Å²) in [6, 6.07) is 9.23. The molecule has 0 unspecified atom stereocenters. The number of phenolic OH excluding ortho intramolecular Hbond substituents is 2. The van der Waals surface area contributed by atoms with Crippen LogP contribution in [0.15, 0.2) is 30.3 Å². The van der Waals surface area contributed by atoms with E-state index in [1.165, 1.54) is 22.8 Å². The van der Waals surface area contributed by atoms with Crippen LogP contribution in [0.1, 0.15) is 37.5 Å². The molecule has 0 aromatic heterocycles. The maximum absolute atomic E-state index is 9.71. The van der Waals surface area contributed by atoms with E-state index in [4.69, 9.17) is 0 Å². The molecule has 0 radical (unpaired) electrons. The first-order valence-corrected chi connectivity index (χ1v) is 7.27. The van der Waals surface area contributed by atoms with Crippen LogP contribution in [-0.2, 0) is 19.3 Å². The van der Waals surface area contributed by atoms with Gasteiger partial charge in [-0.3, -0.25) is 0 Å². The molecule has 0 bridgehead atoms. The molecule has 2 nitrogen and oxygen atoms in total. The van der Waals surface area contributed by atoms with Crippen LogP contribution >= 0.6 is 0 Å². The van der Waals surface area contributed by atoms with Crippen molar-refractivity contribution in [3.05, 3.63) is 47.0 Å². The average molecular weight is 270 g/mol. The van der Waals surface area contributed by atoms with Gasteiger partial charge < -0.3 is 10.2 Å². The molecule has 2 aromatic carbocycles. The fourth-order valence-electron chi connectivity index (χ4n) is 2.74. The lowest BCUT2D eigenvalue weighted by Crippen LogP contribution is -1.98. The summed E-state index contributed by atoms with van der Waals surface area (Å²) in [7, 11) is 0. The highest BCUT2D eigenvalue weighted by Crippen LogP contribution is 2.33. The topological polar surface area (TPSA) is 40.5 Å². The smallest absolute Gasteiger partial charge is 0.119 e. The maximum atomic E-state index is 9.71. The van der Waals surface area contributed by atoms with Crippen molar-refractivity contribution >= 4 is 0 Å². The highest BCUT2D eigenvalue weighted by Gasteiger charge is 2.11. The summed E-state index contributed by atoms with van der Waals surface area (Å²) in [6.07, 6.45) is 2.92. The van der Waals surface area contributed by atoms with Gasteiger partial charge in [-0.05, 0) is 59.2 Å². The number of phenols is 2. The summed E-state index contributed by atoms with van der Waals surface area (Å²) in [6.45, 7) is 6.45. The Hall–Kier alpha value is -1.96. The summed E-state index contributed by atoms with van der Waals surface area (Å²) in [4.78, 5) is 0. The fourth-order valence-corrected chi connectivity index (χ4v) is 2.74. The van der Waals surface area contributed by atoms with E-state index in [1.54, 1.807) is 12.1 Å². The van der Waals surface area contributed by atoms with Crippen LogP contribution in [0.5, 0.6) is 11.5 Å². The van der Waals surface area contributed by atoms with E-state index < -0.39 is 0 Å². The van der Waals surface area contributed by atoms with Crippen LogP contribution in [0, 0.1) is 0 Å². The summed E-state index contributed by atoms with van der Waals surface area (Å²) in [5.74, 6) is 0.198. The third kappa shape index (κ3) is 2.79. The molecule has 106 valence electrons. The Morgan fingerprint density at radius 3 is 1.90 bits per heavy atom. The van der Waals surface area contributed by atoms with E-state index in [0.29, 0.717) is 0 Å². The summed E-state index contributed by atoms with van der Waals surface area (Å²) < 4.78 is 0. The minimum absolute atomic E-state index is 0.0991. The van der Waals surface area contributed by atoms with Crippen molar-refractivity contribution in [1.82, 2.24) is 0 Å². The minimum atomic E-state index is 0.0991. The largest absolute Gasteiger partial charge is 0.508 e. The van der Waals surface area contributed by atoms with Crippen molar-refractivity contribution in [3.8, 4) is 22.6 Å². The SMILES string of the molecule is CCc1cc(CC)c(CC)c(-c2cc(O)cc(O)c2)c1. The first kappa shape index (κ1) is 14.4. The Bertz CT molecular complexity index is 595. The Morgan fingerprint density at radius 2 is 1.40 bits per heavy atom. The second-order valence-electron chi connectivity index (χ2n) is 5.08. The number of benzene rings is 2. The molecule has 0 amide bonds. The van der Waals surface area contributed by atoms with E-state index >= 15 is 0 Å². The van der Waals surface area contributed by atoms with E-state index in [9.17, 15) is 10.2 Å². The quantitative estimate of drug-likeness (QED) is 0.861. The first-order chi connectivity index (χ1) is 9.58. The normalized spacial score (nSPS) is 10.8. The van der Waals surface area contributed by atoms with Crippen LogP contribution in [-0.4, -0.2) is 10.2 Å². The standard InChI is InChI=1S/C18H22O2/c1-4-12-7-13(5-2)17(6-3)18(8-12)14-9-15(19)11-16(20)10-14/h7-11,19-20H,4-6H2,1-3H3. The Balaban J connectivity index is 2.70. The highest BCUT2D eigenvalue weighted by molar-refractivity contribution is 5.72. The molecule has 2 heteroatoms. The number of hydrogen-bond donors (Lipinski definition) is 2. The zero-order chi connectivity index (χ0) is 14.7. The third-order valence-electron chi connectivity index (χ3n) is 3.76. The molecule has 0 heterocycles. The van der Waals surface area contributed by atoms with Gasteiger partial charge in [0, 0.05) is 6.07 Å². The molecule has 20 heavy (non-hydrogen) atoms. The zero-order valence-corrected chi connectivity index (χ0v) is 12.4. The Morgan fingerprint density at radius 1 is 0.750 bits per heavy atom. The number of rotatable bonds is 4. The monoisotopic (exact) mass is 270 g/mol. The van der Waals surface area contributed by atoms with Crippen molar-refractivity contribution in [3.63, 3.8) is 0 Å². The predicted molar refractivity (Wildman–Crippen MR) is 83.3 cm³/mol. The molecular weight excluding hydrogens is 248 g/mol. The molecule has 0 fully saturated rings. The van der Waals surface area contributed by atoms with Crippen molar-refractivity contribution in [1.29, 1.82) is 0 Å². The molecular formula is C18H22O2. The lowest BCUT2D eigenvalue weighted by molar-refractivity contribution is 0.451. The van der Waals surface area contributed by atoms with Crippen LogP contribution in [0.25, 0.3) is 11.1 Å². The molecule has 0 aliphatic carbocycles. The summed E-state index contributed by atoms with van der Waals surface area (Å²) >= 11 is 0. The molecule has 0 spiro atoms. The van der Waals surface area contributed by atoms with Crippen molar-refractivity contribution < 1.29 is 10.2 Å². The van der Waals surface area contributed by atoms with Gasteiger partial charge in [0.25, 0.3) is 0 Å². The Labute approximate surface area is 120 Å². The number of hydrogen-bond acceptors (Lipinski definition) is 2. The lowest BCUT2D eigenvalue weighted by atomic mass is 9.89. The van der Waals surface area contributed by atoms with Crippen LogP contribution in [0.4, 0.5) is 0 Å². The molecule has 2 aromatic rings. The van der Waals surface area contributed by atoms with E-state index in [0.717, 1.165) is 30.4 Å². The lowest BCUT2D eigenvalue weighted by Gasteiger charge is -2.16. The molecule has 0 aliphatic heterocycles. The first-order valence-electron chi connectivity index (χ1n) is 7.27. The molecule has 2 N–H and O–H groups in total. The van der Waals surface area contributed by atoms with E-state index in [-0.39, 0.29) is 11.5 Å².